The van der Waals surface area contributed by atoms with Crippen LogP contribution in [0.3, 0.4) is 0 Å². The number of hydrogen-bond acceptors (Lipinski definition) is 8. The van der Waals surface area contributed by atoms with Gasteiger partial charge in [0.25, 0.3) is 5.22 Å². The monoisotopic (exact) mass is 446 g/mol. The number of rotatable bonds is 8. The Kier molecular flexibility index (Phi) is 6.76. The predicted molar refractivity (Wildman–Crippen MR) is 106 cm³/mol. The van der Waals surface area contributed by atoms with E-state index in [1.807, 2.05) is 0 Å². The van der Waals surface area contributed by atoms with Crippen molar-refractivity contribution in [3.63, 3.8) is 0 Å². The Labute approximate surface area is 168 Å². The minimum atomic E-state index is -3.55. The lowest BCUT2D eigenvalue weighted by Crippen LogP contribution is -2.35. The third kappa shape index (κ3) is 5.54. The molecule has 2 N–H and O–H groups in total. The zero-order valence-electron chi connectivity index (χ0n) is 15.2. The van der Waals surface area contributed by atoms with E-state index in [0.717, 1.165) is 19.3 Å². The Bertz CT molecular complexity index is 1010. The minimum absolute atomic E-state index is 0.114. The van der Waals surface area contributed by atoms with Gasteiger partial charge in [-0.05, 0) is 37.5 Å². The molecule has 1 saturated heterocycles. The number of hydrogen-bond donors (Lipinski definition) is 1. The number of sulfonamides is 2. The zero-order chi connectivity index (χ0) is 20.2. The molecule has 0 aliphatic carbocycles. The lowest BCUT2D eigenvalue weighted by atomic mass is 10.2. The molecule has 9 nitrogen and oxygen atoms in total. The summed E-state index contributed by atoms with van der Waals surface area (Å²) in [4.78, 5) is 0.201. The molecule has 0 amide bonds. The highest BCUT2D eigenvalue weighted by atomic mass is 32.2. The molecule has 1 fully saturated rings. The smallest absolute Gasteiger partial charge is 0.276 e. The standard InChI is InChI=1S/C16H22N4O5S3/c17-27(21,22)11-5-10-26-16-19-18-15(25-16)13-6-4-7-14(12-13)28(23,24)20-8-2-1-3-9-20/h4,6-7,12H,1-3,5,8-11H2,(H2,17,21,22). The molecule has 12 heteroatoms. The summed E-state index contributed by atoms with van der Waals surface area (Å²) in [6.07, 6.45) is 3.15. The summed E-state index contributed by atoms with van der Waals surface area (Å²) >= 11 is 1.22. The SMILES string of the molecule is NS(=O)(=O)CCCSc1nnc(-c2cccc(S(=O)(=O)N3CCCCC3)c2)o1. The van der Waals surface area contributed by atoms with E-state index in [4.69, 9.17) is 9.56 Å². The lowest BCUT2D eigenvalue weighted by Gasteiger charge is -2.25. The summed E-state index contributed by atoms with van der Waals surface area (Å²) in [5.74, 6) is 0.559. The van der Waals surface area contributed by atoms with Gasteiger partial charge in [0.1, 0.15) is 0 Å². The van der Waals surface area contributed by atoms with Crippen LogP contribution in [0.1, 0.15) is 25.7 Å². The number of nitrogens with two attached hydrogens (primary N) is 1. The number of nitrogens with zero attached hydrogens (tertiary/aromatic N) is 3. The van der Waals surface area contributed by atoms with Crippen LogP contribution in [0, 0.1) is 0 Å². The average Bonchev–Trinajstić information content (AvgIpc) is 3.14. The Balaban J connectivity index is 1.69. The van der Waals surface area contributed by atoms with E-state index in [2.05, 4.69) is 10.2 Å². The number of piperidine rings is 1. The number of benzene rings is 1. The summed E-state index contributed by atoms with van der Waals surface area (Å²) in [6, 6.07) is 6.45. The van der Waals surface area contributed by atoms with Crippen molar-refractivity contribution in [2.45, 2.75) is 35.8 Å². The van der Waals surface area contributed by atoms with Crippen LogP contribution < -0.4 is 5.14 Å². The summed E-state index contributed by atoms with van der Waals surface area (Å²) < 4.78 is 54.6. The summed E-state index contributed by atoms with van der Waals surface area (Å²) in [5, 5.41) is 13.1. The van der Waals surface area contributed by atoms with Crippen LogP contribution in [-0.2, 0) is 20.0 Å². The fraction of sp³-hybridized carbons (Fsp3) is 0.500. The highest BCUT2D eigenvalue weighted by Crippen LogP contribution is 2.27. The number of primary sulfonamides is 1. The Hall–Kier alpha value is -1.47. The van der Waals surface area contributed by atoms with Gasteiger partial charge in [-0.15, -0.1) is 10.2 Å². The normalized spacial score (nSPS) is 16.3. The Morgan fingerprint density at radius 1 is 1.11 bits per heavy atom. The molecule has 0 spiro atoms. The van der Waals surface area contributed by atoms with Crippen LogP contribution in [0.5, 0.6) is 0 Å². The van der Waals surface area contributed by atoms with Crippen LogP contribution in [-0.4, -0.2) is 55.9 Å². The molecule has 2 aromatic rings. The van der Waals surface area contributed by atoms with Crippen molar-refractivity contribution in [1.29, 1.82) is 0 Å². The van der Waals surface area contributed by atoms with Crippen molar-refractivity contribution >= 4 is 31.8 Å². The molecule has 28 heavy (non-hydrogen) atoms. The quantitative estimate of drug-likeness (QED) is 0.478. The third-order valence-corrected chi connectivity index (χ3v) is 7.90. The van der Waals surface area contributed by atoms with Crippen molar-refractivity contribution in [3.8, 4) is 11.5 Å². The van der Waals surface area contributed by atoms with E-state index in [9.17, 15) is 16.8 Å². The second-order valence-electron chi connectivity index (χ2n) is 6.43. The second-order valence-corrected chi connectivity index (χ2v) is 11.2. The highest BCUT2D eigenvalue weighted by molar-refractivity contribution is 7.99. The molecular formula is C16H22N4O5S3. The van der Waals surface area contributed by atoms with E-state index in [1.165, 1.54) is 22.1 Å². The number of thioether (sulfide) groups is 1. The van der Waals surface area contributed by atoms with Gasteiger partial charge < -0.3 is 4.42 Å². The van der Waals surface area contributed by atoms with Gasteiger partial charge in [0.2, 0.25) is 25.9 Å². The van der Waals surface area contributed by atoms with Crippen molar-refractivity contribution in [2.75, 3.05) is 24.6 Å². The van der Waals surface area contributed by atoms with Gasteiger partial charge in [-0.25, -0.2) is 22.0 Å². The van der Waals surface area contributed by atoms with E-state index in [-0.39, 0.29) is 21.8 Å². The molecular weight excluding hydrogens is 424 g/mol. The van der Waals surface area contributed by atoms with Gasteiger partial charge >= 0.3 is 0 Å². The largest absolute Gasteiger partial charge is 0.411 e. The molecule has 0 radical (unpaired) electrons. The molecule has 1 aromatic heterocycles. The Morgan fingerprint density at radius 3 is 2.57 bits per heavy atom. The van der Waals surface area contributed by atoms with Gasteiger partial charge in [0, 0.05) is 24.4 Å². The second kappa shape index (κ2) is 8.91. The highest BCUT2D eigenvalue weighted by Gasteiger charge is 2.26. The first-order valence-electron chi connectivity index (χ1n) is 8.83. The number of aromatic nitrogens is 2. The molecule has 1 aliphatic heterocycles. The van der Waals surface area contributed by atoms with E-state index < -0.39 is 20.0 Å². The van der Waals surface area contributed by atoms with Crippen LogP contribution >= 0.6 is 11.8 Å². The summed E-state index contributed by atoms with van der Waals surface area (Å²) in [7, 11) is -7.03. The van der Waals surface area contributed by atoms with Crippen LogP contribution in [0.25, 0.3) is 11.5 Å². The topological polar surface area (TPSA) is 136 Å². The third-order valence-electron chi connectivity index (χ3n) is 4.24. The maximum atomic E-state index is 12.8. The van der Waals surface area contributed by atoms with E-state index >= 15 is 0 Å². The molecule has 1 aromatic carbocycles. The average molecular weight is 447 g/mol. The van der Waals surface area contributed by atoms with Gasteiger partial charge in [0.05, 0.1) is 10.6 Å². The maximum absolute atomic E-state index is 12.8. The van der Waals surface area contributed by atoms with Gasteiger partial charge in [-0.2, -0.15) is 4.31 Å². The van der Waals surface area contributed by atoms with E-state index in [1.54, 1.807) is 18.2 Å². The minimum Gasteiger partial charge on any atom is -0.411 e. The van der Waals surface area contributed by atoms with Gasteiger partial charge in [-0.1, -0.05) is 24.2 Å². The molecule has 0 atom stereocenters. The van der Waals surface area contributed by atoms with Gasteiger partial charge in [-0.3, -0.25) is 0 Å². The van der Waals surface area contributed by atoms with Crippen LogP contribution in [0.2, 0.25) is 0 Å². The molecule has 0 bridgehead atoms. The first-order valence-corrected chi connectivity index (χ1v) is 13.0. The lowest BCUT2D eigenvalue weighted by molar-refractivity contribution is 0.346. The van der Waals surface area contributed by atoms with Crippen molar-refractivity contribution in [1.82, 2.24) is 14.5 Å². The molecule has 2 heterocycles. The first kappa shape index (κ1) is 21.2. The van der Waals surface area contributed by atoms with Crippen molar-refractivity contribution < 1.29 is 21.3 Å². The summed E-state index contributed by atoms with van der Waals surface area (Å²) in [5.41, 5.74) is 0.516. The van der Waals surface area contributed by atoms with Crippen LogP contribution in [0.15, 0.2) is 38.8 Å². The molecule has 0 saturated carbocycles. The first-order chi connectivity index (χ1) is 13.3. The molecule has 0 unspecified atom stereocenters. The Morgan fingerprint density at radius 2 is 1.86 bits per heavy atom. The molecule has 154 valence electrons. The molecule has 1 aliphatic rings. The van der Waals surface area contributed by atoms with E-state index in [0.29, 0.717) is 30.8 Å². The van der Waals surface area contributed by atoms with Crippen molar-refractivity contribution in [2.24, 2.45) is 5.14 Å². The fourth-order valence-electron chi connectivity index (χ4n) is 2.85. The predicted octanol–water partition coefficient (Wildman–Crippen LogP) is 1.68. The van der Waals surface area contributed by atoms with Crippen LogP contribution in [0.4, 0.5) is 0 Å². The fourth-order valence-corrected chi connectivity index (χ4v) is 5.84. The molecule has 3 rings (SSSR count). The van der Waals surface area contributed by atoms with Crippen molar-refractivity contribution in [3.05, 3.63) is 24.3 Å². The van der Waals surface area contributed by atoms with Gasteiger partial charge in [0.15, 0.2) is 0 Å². The summed E-state index contributed by atoms with van der Waals surface area (Å²) in [6.45, 7) is 1.07. The maximum Gasteiger partial charge on any atom is 0.276 e. The zero-order valence-corrected chi connectivity index (χ0v) is 17.6.